The van der Waals surface area contributed by atoms with Gasteiger partial charge in [-0.2, -0.15) is 5.10 Å². The first-order valence-electron chi connectivity index (χ1n) is 6.41. The van der Waals surface area contributed by atoms with Crippen molar-refractivity contribution in [2.45, 2.75) is 32.0 Å². The van der Waals surface area contributed by atoms with E-state index in [-0.39, 0.29) is 11.6 Å². The second-order valence-electron chi connectivity index (χ2n) is 5.36. The molecule has 0 fully saturated rings. The molecule has 1 rings (SSSR count). The highest BCUT2D eigenvalue weighted by Crippen LogP contribution is 2.33. The van der Waals surface area contributed by atoms with Crippen LogP contribution in [0.5, 0.6) is 0 Å². The molecule has 0 spiro atoms. The Morgan fingerprint density at radius 2 is 2.16 bits per heavy atom. The summed E-state index contributed by atoms with van der Waals surface area (Å²) in [6, 6.07) is 0.0781. The summed E-state index contributed by atoms with van der Waals surface area (Å²) < 4.78 is 7.04. The van der Waals surface area contributed by atoms with Crippen molar-refractivity contribution in [3.63, 3.8) is 0 Å². The van der Waals surface area contributed by atoms with Crippen molar-refractivity contribution in [3.05, 3.63) is 16.9 Å². The highest BCUT2D eigenvalue weighted by Gasteiger charge is 2.35. The van der Waals surface area contributed by atoms with Crippen LogP contribution in [0.25, 0.3) is 0 Å². The Bertz CT molecular complexity index is 403. The van der Waals surface area contributed by atoms with Gasteiger partial charge in [-0.25, -0.2) is 0 Å². The third-order valence-corrected chi connectivity index (χ3v) is 4.05. The fourth-order valence-corrected chi connectivity index (χ4v) is 2.35. The van der Waals surface area contributed by atoms with Crippen LogP contribution in [0.1, 0.15) is 25.6 Å². The topological polar surface area (TPSA) is 42.3 Å². The second kappa shape index (κ2) is 6.70. The van der Waals surface area contributed by atoms with Crippen molar-refractivity contribution >= 4 is 11.6 Å². The van der Waals surface area contributed by atoms with E-state index in [2.05, 4.69) is 43.3 Å². The minimum absolute atomic E-state index is 0.0781. The molecule has 0 bridgehead atoms. The summed E-state index contributed by atoms with van der Waals surface area (Å²) in [4.78, 5) is 2.18. The lowest BCUT2D eigenvalue weighted by Crippen LogP contribution is -2.49. The molecular formula is C13H25ClN4O. The summed E-state index contributed by atoms with van der Waals surface area (Å²) in [7, 11) is 7.76. The summed E-state index contributed by atoms with van der Waals surface area (Å²) in [5.74, 6) is 0. The van der Waals surface area contributed by atoms with Gasteiger partial charge in [-0.15, -0.1) is 0 Å². The predicted octanol–water partition coefficient (Wildman–Crippen LogP) is 1.78. The molecule has 1 unspecified atom stereocenters. The molecular weight excluding hydrogens is 264 g/mol. The fourth-order valence-electron chi connectivity index (χ4n) is 2.10. The van der Waals surface area contributed by atoms with Gasteiger partial charge in [0.1, 0.15) is 0 Å². The Kier molecular flexibility index (Phi) is 5.80. The van der Waals surface area contributed by atoms with Crippen molar-refractivity contribution in [2.75, 3.05) is 34.9 Å². The zero-order chi connectivity index (χ0) is 14.6. The number of methoxy groups -OCH3 is 1. The number of ether oxygens (including phenoxy) is 1. The molecule has 6 heteroatoms. The quantitative estimate of drug-likeness (QED) is 0.831. The van der Waals surface area contributed by atoms with Crippen LogP contribution < -0.4 is 5.32 Å². The van der Waals surface area contributed by atoms with Crippen molar-refractivity contribution in [2.24, 2.45) is 0 Å². The molecule has 0 aliphatic rings. The smallest absolute Gasteiger partial charge is 0.0834 e. The highest BCUT2D eigenvalue weighted by atomic mass is 35.5. The van der Waals surface area contributed by atoms with E-state index in [1.165, 1.54) is 0 Å². The maximum atomic E-state index is 6.33. The minimum Gasteiger partial charge on any atom is -0.383 e. The lowest BCUT2D eigenvalue weighted by molar-refractivity contribution is 0.133. The van der Waals surface area contributed by atoms with Crippen LogP contribution in [0.2, 0.25) is 5.02 Å². The number of hydrogen-bond donors (Lipinski definition) is 1. The van der Waals surface area contributed by atoms with Crippen LogP contribution in [0.4, 0.5) is 0 Å². The molecule has 0 aliphatic carbocycles. The third kappa shape index (κ3) is 3.48. The SMILES string of the molecule is CNC(c1c(Cl)cnn1CCOC)C(C)(C)N(C)C. The molecule has 0 saturated heterocycles. The monoisotopic (exact) mass is 288 g/mol. The first-order chi connectivity index (χ1) is 8.86. The molecule has 1 aromatic rings. The molecule has 1 N–H and O–H groups in total. The molecule has 0 amide bonds. The Balaban J connectivity index is 3.14. The van der Waals surface area contributed by atoms with Crippen molar-refractivity contribution in [1.82, 2.24) is 20.0 Å². The molecule has 110 valence electrons. The largest absolute Gasteiger partial charge is 0.383 e. The lowest BCUT2D eigenvalue weighted by Gasteiger charge is -2.40. The summed E-state index contributed by atoms with van der Waals surface area (Å²) >= 11 is 6.33. The van der Waals surface area contributed by atoms with Gasteiger partial charge in [0.25, 0.3) is 0 Å². The number of rotatable bonds is 7. The molecule has 0 aromatic carbocycles. The summed E-state index contributed by atoms with van der Waals surface area (Å²) in [6.45, 7) is 5.67. The maximum Gasteiger partial charge on any atom is 0.0834 e. The van der Waals surface area contributed by atoms with Crippen LogP contribution in [0.15, 0.2) is 6.20 Å². The van der Waals surface area contributed by atoms with Crippen molar-refractivity contribution in [3.8, 4) is 0 Å². The number of hydrogen-bond acceptors (Lipinski definition) is 4. The van der Waals surface area contributed by atoms with Gasteiger partial charge in [-0.1, -0.05) is 11.6 Å². The zero-order valence-corrected chi connectivity index (χ0v) is 13.5. The average Bonchev–Trinajstić information content (AvgIpc) is 2.69. The molecule has 0 aliphatic heterocycles. The average molecular weight is 289 g/mol. The molecule has 1 heterocycles. The van der Waals surface area contributed by atoms with E-state index >= 15 is 0 Å². The number of nitrogens with zero attached hydrogens (tertiary/aromatic N) is 3. The third-order valence-electron chi connectivity index (χ3n) is 3.76. The van der Waals surface area contributed by atoms with Crippen LogP contribution in [-0.2, 0) is 11.3 Å². The molecule has 19 heavy (non-hydrogen) atoms. The Morgan fingerprint density at radius 1 is 1.53 bits per heavy atom. The lowest BCUT2D eigenvalue weighted by atomic mass is 9.90. The molecule has 1 aromatic heterocycles. The van der Waals surface area contributed by atoms with E-state index in [1.807, 2.05) is 11.7 Å². The first kappa shape index (κ1) is 16.4. The van der Waals surface area contributed by atoms with E-state index in [4.69, 9.17) is 16.3 Å². The zero-order valence-electron chi connectivity index (χ0n) is 12.7. The van der Waals surface area contributed by atoms with Crippen molar-refractivity contribution < 1.29 is 4.74 Å². The molecule has 0 saturated carbocycles. The van der Waals surface area contributed by atoms with Crippen LogP contribution in [0, 0.1) is 0 Å². The van der Waals surface area contributed by atoms with E-state index < -0.39 is 0 Å². The summed E-state index contributed by atoms with van der Waals surface area (Å²) in [6.07, 6.45) is 1.70. The van der Waals surface area contributed by atoms with Gasteiger partial charge >= 0.3 is 0 Å². The standard InChI is InChI=1S/C13H25ClN4O/c1-13(2,17(4)5)12(15-3)11-10(14)9-16-18(11)7-8-19-6/h9,12,15H,7-8H2,1-6H3. The van der Waals surface area contributed by atoms with Gasteiger partial charge in [-0.3, -0.25) is 4.68 Å². The highest BCUT2D eigenvalue weighted by molar-refractivity contribution is 6.31. The van der Waals surface area contributed by atoms with E-state index in [0.717, 1.165) is 5.69 Å². The fraction of sp³-hybridized carbons (Fsp3) is 0.769. The number of halogens is 1. The summed E-state index contributed by atoms with van der Waals surface area (Å²) in [5, 5.41) is 8.38. The normalized spacial score (nSPS) is 14.1. The molecule has 5 nitrogen and oxygen atoms in total. The van der Waals surface area contributed by atoms with Crippen LogP contribution in [-0.4, -0.2) is 55.1 Å². The number of nitrogens with one attached hydrogen (secondary N) is 1. The second-order valence-corrected chi connectivity index (χ2v) is 5.77. The number of likely N-dealkylation sites (N-methyl/N-ethyl adjacent to an activating group) is 2. The number of aromatic nitrogens is 2. The minimum atomic E-state index is -0.0940. The van der Waals surface area contributed by atoms with Crippen LogP contribution in [0.3, 0.4) is 0 Å². The summed E-state index contributed by atoms with van der Waals surface area (Å²) in [5.41, 5.74) is 0.906. The van der Waals surface area contributed by atoms with Gasteiger partial charge in [0, 0.05) is 12.6 Å². The predicted molar refractivity (Wildman–Crippen MR) is 78.7 cm³/mol. The van der Waals surface area contributed by atoms with Crippen LogP contribution >= 0.6 is 11.6 Å². The first-order valence-corrected chi connectivity index (χ1v) is 6.78. The van der Waals surface area contributed by atoms with Gasteiger partial charge in [0.05, 0.1) is 36.1 Å². The van der Waals surface area contributed by atoms with Crippen molar-refractivity contribution in [1.29, 1.82) is 0 Å². The Morgan fingerprint density at radius 3 is 2.63 bits per heavy atom. The van der Waals surface area contributed by atoms with Gasteiger partial charge in [0.15, 0.2) is 0 Å². The van der Waals surface area contributed by atoms with E-state index in [9.17, 15) is 0 Å². The van der Waals surface area contributed by atoms with E-state index in [0.29, 0.717) is 18.2 Å². The Hall–Kier alpha value is -0.620. The maximum absolute atomic E-state index is 6.33. The van der Waals surface area contributed by atoms with E-state index in [1.54, 1.807) is 13.3 Å². The molecule has 0 radical (unpaired) electrons. The Labute approximate surface area is 120 Å². The van der Waals surface area contributed by atoms with Gasteiger partial charge in [-0.05, 0) is 35.0 Å². The van der Waals surface area contributed by atoms with Gasteiger partial charge < -0.3 is 15.0 Å². The van der Waals surface area contributed by atoms with Gasteiger partial charge in [0.2, 0.25) is 0 Å². The molecule has 1 atom stereocenters.